The number of esters is 1. The second-order valence-electron chi connectivity index (χ2n) is 5.55. The van der Waals surface area contributed by atoms with Gasteiger partial charge >= 0.3 is 5.97 Å². The maximum atomic E-state index is 11.1. The van der Waals surface area contributed by atoms with Crippen molar-refractivity contribution in [1.82, 2.24) is 4.98 Å². The quantitative estimate of drug-likeness (QED) is 0.557. The van der Waals surface area contributed by atoms with Crippen molar-refractivity contribution in [3.8, 4) is 5.75 Å². The normalized spacial score (nSPS) is 10.6. The maximum absolute atomic E-state index is 11.1. The van der Waals surface area contributed by atoms with Gasteiger partial charge in [-0.1, -0.05) is 24.3 Å². The summed E-state index contributed by atoms with van der Waals surface area (Å²) in [6, 6.07) is 10.1. The highest BCUT2D eigenvalue weighted by Gasteiger charge is 2.01. The molecule has 0 saturated heterocycles. The summed E-state index contributed by atoms with van der Waals surface area (Å²) in [5.74, 6) is 0.577. The predicted molar refractivity (Wildman–Crippen MR) is 99.7 cm³/mol. The lowest BCUT2D eigenvalue weighted by Gasteiger charge is -2.06. The van der Waals surface area contributed by atoms with Crippen molar-refractivity contribution in [3.63, 3.8) is 0 Å². The molecule has 0 fully saturated rings. The molecule has 1 heterocycles. The number of anilines is 1. The molecule has 2 aromatic rings. The Morgan fingerprint density at radius 3 is 2.72 bits per heavy atom. The molecule has 0 bridgehead atoms. The van der Waals surface area contributed by atoms with E-state index in [1.165, 1.54) is 7.11 Å². The summed E-state index contributed by atoms with van der Waals surface area (Å²) in [7, 11) is 3.05. The first kappa shape index (κ1) is 18.5. The predicted octanol–water partition coefficient (Wildman–Crippen LogP) is 3.71. The number of hydrogen-bond donors (Lipinski definition) is 1. The highest BCUT2D eigenvalue weighted by atomic mass is 16.5. The molecule has 5 nitrogen and oxygen atoms in total. The van der Waals surface area contributed by atoms with Crippen molar-refractivity contribution in [3.05, 3.63) is 59.9 Å². The van der Waals surface area contributed by atoms with E-state index in [1.54, 1.807) is 19.5 Å². The molecule has 132 valence electrons. The SMILES string of the molecule is COC(=O)CCc1ccc(NCC/C=C/c2cncc(OC)c2)cc1. The van der Waals surface area contributed by atoms with Crippen LogP contribution in [0.5, 0.6) is 5.75 Å². The highest BCUT2D eigenvalue weighted by molar-refractivity contribution is 5.69. The maximum Gasteiger partial charge on any atom is 0.305 e. The van der Waals surface area contributed by atoms with Gasteiger partial charge in [-0.25, -0.2) is 0 Å². The van der Waals surface area contributed by atoms with Crippen molar-refractivity contribution in [1.29, 1.82) is 0 Å². The van der Waals surface area contributed by atoms with E-state index in [1.807, 2.05) is 36.4 Å². The van der Waals surface area contributed by atoms with Gasteiger partial charge in [0.25, 0.3) is 0 Å². The molecule has 0 aliphatic heterocycles. The summed E-state index contributed by atoms with van der Waals surface area (Å²) in [5, 5.41) is 3.37. The van der Waals surface area contributed by atoms with Gasteiger partial charge in [0.05, 0.1) is 20.4 Å². The Morgan fingerprint density at radius 2 is 2.00 bits per heavy atom. The largest absolute Gasteiger partial charge is 0.495 e. The number of benzene rings is 1. The molecule has 1 aromatic carbocycles. The molecule has 0 unspecified atom stereocenters. The Labute approximate surface area is 148 Å². The zero-order valence-corrected chi connectivity index (χ0v) is 14.7. The minimum atomic E-state index is -0.180. The van der Waals surface area contributed by atoms with Gasteiger partial charge in [0, 0.05) is 24.8 Å². The third-order valence-corrected chi connectivity index (χ3v) is 3.72. The molecule has 25 heavy (non-hydrogen) atoms. The number of carbonyl (C=O) groups excluding carboxylic acids is 1. The van der Waals surface area contributed by atoms with Crippen LogP contribution in [0.3, 0.4) is 0 Å². The van der Waals surface area contributed by atoms with Gasteiger partial charge in [0.2, 0.25) is 0 Å². The van der Waals surface area contributed by atoms with Crippen LogP contribution < -0.4 is 10.1 Å². The Balaban J connectivity index is 1.72. The fraction of sp³-hybridized carbons (Fsp3) is 0.300. The average Bonchev–Trinajstić information content (AvgIpc) is 2.67. The number of pyridine rings is 1. The zero-order valence-electron chi connectivity index (χ0n) is 14.7. The third kappa shape index (κ3) is 6.67. The molecule has 0 spiro atoms. The van der Waals surface area contributed by atoms with Crippen molar-refractivity contribution in [2.24, 2.45) is 0 Å². The van der Waals surface area contributed by atoms with Gasteiger partial charge < -0.3 is 14.8 Å². The van der Waals surface area contributed by atoms with Gasteiger partial charge in [-0.2, -0.15) is 0 Å². The van der Waals surface area contributed by atoms with E-state index >= 15 is 0 Å². The van der Waals surface area contributed by atoms with E-state index in [0.29, 0.717) is 12.8 Å². The number of carbonyl (C=O) groups is 1. The van der Waals surface area contributed by atoms with E-state index in [0.717, 1.165) is 35.5 Å². The van der Waals surface area contributed by atoms with Crippen LogP contribution in [-0.4, -0.2) is 31.7 Å². The molecule has 0 saturated carbocycles. The molecule has 1 aromatic heterocycles. The number of aromatic nitrogens is 1. The lowest BCUT2D eigenvalue weighted by molar-refractivity contribution is -0.140. The van der Waals surface area contributed by atoms with Crippen molar-refractivity contribution in [2.45, 2.75) is 19.3 Å². The lowest BCUT2D eigenvalue weighted by Crippen LogP contribution is -2.02. The first-order valence-corrected chi connectivity index (χ1v) is 8.26. The first-order valence-electron chi connectivity index (χ1n) is 8.26. The van der Waals surface area contributed by atoms with Crippen LogP contribution >= 0.6 is 0 Å². The number of hydrogen-bond acceptors (Lipinski definition) is 5. The summed E-state index contributed by atoms with van der Waals surface area (Å²) < 4.78 is 9.80. The van der Waals surface area contributed by atoms with E-state index in [2.05, 4.69) is 21.1 Å². The van der Waals surface area contributed by atoms with Crippen LogP contribution in [0.2, 0.25) is 0 Å². The average molecular weight is 340 g/mol. The van der Waals surface area contributed by atoms with Crippen molar-refractivity contribution in [2.75, 3.05) is 26.1 Å². The van der Waals surface area contributed by atoms with E-state index in [9.17, 15) is 4.79 Å². The standard InChI is InChI=1S/C20H24N2O3/c1-24-19-13-17(14-21-15-19)5-3-4-12-22-18-9-6-16(7-10-18)8-11-20(23)25-2/h3,5-7,9-10,13-15,22H,4,8,11-12H2,1-2H3/b5-3+. The number of ether oxygens (including phenoxy) is 2. The molecule has 0 atom stereocenters. The highest BCUT2D eigenvalue weighted by Crippen LogP contribution is 2.13. The number of aryl methyl sites for hydroxylation is 1. The van der Waals surface area contributed by atoms with Crippen LogP contribution in [0.25, 0.3) is 6.08 Å². The third-order valence-electron chi connectivity index (χ3n) is 3.72. The molecule has 0 aliphatic carbocycles. The fourth-order valence-electron chi connectivity index (χ4n) is 2.30. The molecular formula is C20H24N2O3. The summed E-state index contributed by atoms with van der Waals surface area (Å²) in [6.07, 6.45) is 9.65. The van der Waals surface area contributed by atoms with Gasteiger partial charge in [-0.15, -0.1) is 0 Å². The Hall–Kier alpha value is -2.82. The summed E-state index contributed by atoms with van der Waals surface area (Å²) >= 11 is 0. The molecular weight excluding hydrogens is 316 g/mol. The molecule has 1 N–H and O–H groups in total. The summed E-state index contributed by atoms with van der Waals surface area (Å²) in [4.78, 5) is 15.3. The van der Waals surface area contributed by atoms with Crippen molar-refractivity contribution < 1.29 is 14.3 Å². The van der Waals surface area contributed by atoms with Crippen LogP contribution in [-0.2, 0) is 16.0 Å². The topological polar surface area (TPSA) is 60.5 Å². The Kier molecular flexibility index (Phi) is 7.50. The minimum Gasteiger partial charge on any atom is -0.495 e. The number of rotatable bonds is 9. The minimum absolute atomic E-state index is 0.180. The van der Waals surface area contributed by atoms with E-state index in [4.69, 9.17) is 4.74 Å². The molecule has 0 aliphatic rings. The number of nitrogens with zero attached hydrogens (tertiary/aromatic N) is 1. The van der Waals surface area contributed by atoms with Gasteiger partial charge in [0.15, 0.2) is 0 Å². The molecule has 0 radical (unpaired) electrons. The van der Waals surface area contributed by atoms with Crippen LogP contribution in [0.1, 0.15) is 24.0 Å². The molecule has 0 amide bonds. The smallest absolute Gasteiger partial charge is 0.305 e. The Bertz CT molecular complexity index is 696. The fourth-order valence-corrected chi connectivity index (χ4v) is 2.30. The number of nitrogens with one attached hydrogen (secondary N) is 1. The zero-order chi connectivity index (χ0) is 17.9. The van der Waals surface area contributed by atoms with Crippen molar-refractivity contribution >= 4 is 17.7 Å². The molecule has 5 heteroatoms. The van der Waals surface area contributed by atoms with E-state index in [-0.39, 0.29) is 5.97 Å². The monoisotopic (exact) mass is 340 g/mol. The summed E-state index contributed by atoms with van der Waals surface area (Å²) in [5.41, 5.74) is 3.22. The van der Waals surface area contributed by atoms with Gasteiger partial charge in [-0.05, 0) is 42.2 Å². The van der Waals surface area contributed by atoms with Crippen LogP contribution in [0, 0.1) is 0 Å². The van der Waals surface area contributed by atoms with E-state index < -0.39 is 0 Å². The second kappa shape index (κ2) is 10.1. The van der Waals surface area contributed by atoms with Crippen LogP contribution in [0.4, 0.5) is 5.69 Å². The summed E-state index contributed by atoms with van der Waals surface area (Å²) in [6.45, 7) is 0.843. The molecule has 2 rings (SSSR count). The van der Waals surface area contributed by atoms with Gasteiger partial charge in [0.1, 0.15) is 5.75 Å². The Morgan fingerprint density at radius 1 is 1.20 bits per heavy atom. The number of methoxy groups -OCH3 is 2. The van der Waals surface area contributed by atoms with Crippen LogP contribution in [0.15, 0.2) is 48.8 Å². The lowest BCUT2D eigenvalue weighted by atomic mass is 10.1. The van der Waals surface area contributed by atoms with Gasteiger partial charge in [-0.3, -0.25) is 9.78 Å². The first-order chi connectivity index (χ1) is 12.2. The second-order valence-corrected chi connectivity index (χ2v) is 5.55.